The Morgan fingerprint density at radius 2 is 1.94 bits per heavy atom. The van der Waals surface area contributed by atoms with E-state index in [4.69, 9.17) is 10.8 Å². The van der Waals surface area contributed by atoms with Gasteiger partial charge in [-0.2, -0.15) is 5.10 Å². The van der Waals surface area contributed by atoms with E-state index >= 15 is 0 Å². The Balaban J connectivity index is 1.65. The molecule has 4 N–H and O–H groups in total. The Morgan fingerprint density at radius 3 is 2.72 bits per heavy atom. The number of amides is 2. The van der Waals surface area contributed by atoms with Gasteiger partial charge in [0.05, 0.1) is 17.1 Å². The molecule has 2 aromatic carbocycles. The second-order valence-corrected chi connectivity index (χ2v) is 8.32. The maximum Gasteiger partial charge on any atom is 0.250 e. The number of phenolic OH excluding ortho intramolecular Hbond substituents is 1. The SMILES string of the molecule is C=CC(=O)Nc1cc(-c2nn(C3Cc4ccccc4N(C(=O)C=C)C3)c3ncnc(N)c23)ccc1O. The van der Waals surface area contributed by atoms with Crippen LogP contribution in [0, 0.1) is 0 Å². The molecular formula is C26H23N7O3. The van der Waals surface area contributed by atoms with E-state index in [1.165, 1.54) is 18.5 Å². The summed E-state index contributed by atoms with van der Waals surface area (Å²) in [6, 6.07) is 12.2. The summed E-state index contributed by atoms with van der Waals surface area (Å²) in [6.07, 6.45) is 4.39. The van der Waals surface area contributed by atoms with Gasteiger partial charge in [-0.1, -0.05) is 31.4 Å². The highest BCUT2D eigenvalue weighted by Crippen LogP contribution is 2.38. The van der Waals surface area contributed by atoms with Crippen LogP contribution in [0.5, 0.6) is 5.75 Å². The lowest BCUT2D eigenvalue weighted by Gasteiger charge is -2.34. The largest absolute Gasteiger partial charge is 0.506 e. The molecule has 2 aromatic heterocycles. The van der Waals surface area contributed by atoms with Crippen molar-refractivity contribution in [3.8, 4) is 17.0 Å². The van der Waals surface area contributed by atoms with Crippen molar-refractivity contribution in [2.75, 3.05) is 22.5 Å². The summed E-state index contributed by atoms with van der Waals surface area (Å²) >= 11 is 0. The Kier molecular flexibility index (Phi) is 5.69. The van der Waals surface area contributed by atoms with Gasteiger partial charge in [0.2, 0.25) is 11.8 Å². The number of hydrogen-bond donors (Lipinski definition) is 3. The fourth-order valence-electron chi connectivity index (χ4n) is 4.48. The van der Waals surface area contributed by atoms with Gasteiger partial charge < -0.3 is 21.1 Å². The van der Waals surface area contributed by atoms with E-state index in [9.17, 15) is 14.7 Å². The Labute approximate surface area is 206 Å². The molecule has 0 saturated heterocycles. The van der Waals surface area contributed by atoms with Crippen molar-refractivity contribution in [3.63, 3.8) is 0 Å². The number of nitrogens with zero attached hydrogens (tertiary/aromatic N) is 5. The number of nitrogens with two attached hydrogens (primary N) is 1. The molecule has 180 valence electrons. The third-order valence-corrected chi connectivity index (χ3v) is 6.15. The van der Waals surface area contributed by atoms with Crippen LogP contribution in [0.25, 0.3) is 22.3 Å². The van der Waals surface area contributed by atoms with Crippen LogP contribution in [0.1, 0.15) is 11.6 Å². The zero-order valence-corrected chi connectivity index (χ0v) is 19.3. The van der Waals surface area contributed by atoms with Gasteiger partial charge in [0, 0.05) is 17.8 Å². The average Bonchev–Trinajstić information content (AvgIpc) is 3.29. The highest BCUT2D eigenvalue weighted by atomic mass is 16.3. The number of benzene rings is 2. The van der Waals surface area contributed by atoms with Crippen LogP contribution in [0.3, 0.4) is 0 Å². The lowest BCUT2D eigenvalue weighted by Crippen LogP contribution is -2.40. The number of aromatic nitrogens is 4. The van der Waals surface area contributed by atoms with Crippen LogP contribution in [0.15, 0.2) is 74.1 Å². The van der Waals surface area contributed by atoms with Crippen LogP contribution in [0.2, 0.25) is 0 Å². The number of anilines is 3. The van der Waals surface area contributed by atoms with E-state index < -0.39 is 5.91 Å². The fraction of sp³-hybridized carbons (Fsp3) is 0.115. The van der Waals surface area contributed by atoms with E-state index in [0.717, 1.165) is 17.3 Å². The molecule has 10 nitrogen and oxygen atoms in total. The number of nitrogens with one attached hydrogen (secondary N) is 1. The summed E-state index contributed by atoms with van der Waals surface area (Å²) < 4.78 is 1.76. The van der Waals surface area contributed by atoms with E-state index in [2.05, 4.69) is 28.4 Å². The summed E-state index contributed by atoms with van der Waals surface area (Å²) in [5, 5.41) is 18.2. The zero-order chi connectivity index (χ0) is 25.4. The number of phenols is 1. The molecular weight excluding hydrogens is 458 g/mol. The number of para-hydroxylation sites is 1. The molecule has 1 unspecified atom stereocenters. The van der Waals surface area contributed by atoms with Gasteiger partial charge >= 0.3 is 0 Å². The first-order valence-electron chi connectivity index (χ1n) is 11.2. The summed E-state index contributed by atoms with van der Waals surface area (Å²) in [4.78, 5) is 34.8. The van der Waals surface area contributed by atoms with Gasteiger partial charge in [0.25, 0.3) is 0 Å². The lowest BCUT2D eigenvalue weighted by molar-refractivity contribution is -0.114. The van der Waals surface area contributed by atoms with Crippen molar-refractivity contribution < 1.29 is 14.7 Å². The number of rotatable bonds is 5. The zero-order valence-electron chi connectivity index (χ0n) is 19.3. The Bertz CT molecular complexity index is 1540. The van der Waals surface area contributed by atoms with Crippen molar-refractivity contribution in [2.24, 2.45) is 0 Å². The molecule has 0 saturated carbocycles. The minimum Gasteiger partial charge on any atom is -0.506 e. The van der Waals surface area contributed by atoms with E-state index in [1.807, 2.05) is 24.3 Å². The van der Waals surface area contributed by atoms with Gasteiger partial charge in [-0.15, -0.1) is 0 Å². The van der Waals surface area contributed by atoms with Crippen LogP contribution in [-0.2, 0) is 16.0 Å². The summed E-state index contributed by atoms with van der Waals surface area (Å²) in [7, 11) is 0. The third-order valence-electron chi connectivity index (χ3n) is 6.15. The second kappa shape index (κ2) is 8.99. The Morgan fingerprint density at radius 1 is 1.14 bits per heavy atom. The standard InChI is InChI=1S/C26H23N7O3/c1-3-21(35)30-18-12-16(9-10-20(18)34)24-23-25(27)28-14-29-26(23)33(31-24)17-11-15-7-5-6-8-19(15)32(13-17)22(36)4-2/h3-10,12,14,17,34H,1-2,11,13H2,(H,30,35)(H2,27,28,29). The van der Waals surface area contributed by atoms with E-state index in [0.29, 0.717) is 35.3 Å². The maximum atomic E-state index is 12.7. The van der Waals surface area contributed by atoms with Crippen molar-refractivity contribution in [3.05, 3.63) is 79.7 Å². The monoisotopic (exact) mass is 481 g/mol. The molecule has 5 rings (SSSR count). The number of aromatic hydroxyl groups is 1. The molecule has 0 bridgehead atoms. The normalized spacial score (nSPS) is 14.8. The van der Waals surface area contributed by atoms with Crippen LogP contribution in [-0.4, -0.2) is 43.2 Å². The molecule has 10 heteroatoms. The minimum atomic E-state index is -0.464. The molecule has 0 fully saturated rings. The number of carbonyl (C=O) groups excluding carboxylic acids is 2. The quantitative estimate of drug-likeness (QED) is 0.294. The highest BCUT2D eigenvalue weighted by Gasteiger charge is 2.31. The lowest BCUT2D eigenvalue weighted by atomic mass is 9.97. The average molecular weight is 482 g/mol. The number of nitrogen functional groups attached to an aromatic ring is 1. The van der Waals surface area contributed by atoms with Gasteiger partial charge in [0.15, 0.2) is 5.65 Å². The molecule has 3 heterocycles. The predicted octanol–water partition coefficient (Wildman–Crippen LogP) is 3.22. The molecule has 1 atom stereocenters. The van der Waals surface area contributed by atoms with Gasteiger partial charge in [0.1, 0.15) is 23.6 Å². The molecule has 4 aromatic rings. The first-order valence-corrected chi connectivity index (χ1v) is 11.2. The van der Waals surface area contributed by atoms with Crippen molar-refractivity contribution >= 4 is 40.0 Å². The van der Waals surface area contributed by atoms with Gasteiger partial charge in [-0.05, 0) is 48.4 Å². The van der Waals surface area contributed by atoms with E-state index in [-0.39, 0.29) is 29.2 Å². The highest BCUT2D eigenvalue weighted by molar-refractivity contribution is 6.03. The van der Waals surface area contributed by atoms with Crippen LogP contribution >= 0.6 is 0 Å². The fourth-order valence-corrected chi connectivity index (χ4v) is 4.48. The third kappa shape index (κ3) is 3.84. The van der Waals surface area contributed by atoms with Crippen molar-refractivity contribution in [1.82, 2.24) is 19.7 Å². The maximum absolute atomic E-state index is 12.7. The number of fused-ring (bicyclic) bond motifs is 2. The molecule has 0 spiro atoms. The topological polar surface area (TPSA) is 139 Å². The minimum absolute atomic E-state index is 0.107. The smallest absolute Gasteiger partial charge is 0.250 e. The van der Waals surface area contributed by atoms with Crippen LogP contribution in [0.4, 0.5) is 17.2 Å². The second-order valence-electron chi connectivity index (χ2n) is 8.32. The van der Waals surface area contributed by atoms with E-state index in [1.54, 1.807) is 21.7 Å². The molecule has 0 aliphatic carbocycles. The molecule has 1 aliphatic rings. The summed E-state index contributed by atoms with van der Waals surface area (Å²) in [5.41, 5.74) is 9.89. The van der Waals surface area contributed by atoms with Crippen molar-refractivity contribution in [1.29, 1.82) is 0 Å². The summed E-state index contributed by atoms with van der Waals surface area (Å²) in [5.74, 6) is -0.543. The Hall–Kier alpha value is -4.99. The molecule has 2 amide bonds. The van der Waals surface area contributed by atoms with Gasteiger partial charge in [-0.3, -0.25) is 9.59 Å². The van der Waals surface area contributed by atoms with Crippen LogP contribution < -0.4 is 16.0 Å². The molecule has 1 aliphatic heterocycles. The first kappa shape index (κ1) is 22.8. The van der Waals surface area contributed by atoms with Gasteiger partial charge in [-0.25, -0.2) is 14.6 Å². The molecule has 0 radical (unpaired) electrons. The predicted molar refractivity (Wildman–Crippen MR) is 137 cm³/mol. The number of carbonyl (C=O) groups is 2. The first-order chi connectivity index (χ1) is 17.4. The molecule has 36 heavy (non-hydrogen) atoms. The van der Waals surface area contributed by atoms with Crippen molar-refractivity contribution in [2.45, 2.75) is 12.5 Å². The number of hydrogen-bond acceptors (Lipinski definition) is 7. The summed E-state index contributed by atoms with van der Waals surface area (Å²) in [6.45, 7) is 7.44.